The molecule has 1 nitrogen and oxygen atoms in total. The van der Waals surface area contributed by atoms with E-state index in [0.717, 1.165) is 17.4 Å². The topological polar surface area (TPSA) is 17.1 Å². The predicted molar refractivity (Wildman–Crippen MR) is 92.2 cm³/mol. The van der Waals surface area contributed by atoms with Crippen LogP contribution in [0.4, 0.5) is 0 Å². The molecular formula is C21H18O. The Hall–Kier alpha value is -2.67. The molecule has 0 aliphatic carbocycles. The number of hydrogen-bond acceptors (Lipinski definition) is 1. The van der Waals surface area contributed by atoms with Gasteiger partial charge in [-0.15, -0.1) is 0 Å². The summed E-state index contributed by atoms with van der Waals surface area (Å²) < 4.78 is 0. The molecule has 0 heterocycles. The van der Waals surface area contributed by atoms with Crippen LogP contribution in [0, 0.1) is 13.8 Å². The SMILES string of the molecule is Cc1ccc(-c2ccc(-c3ccc(C=O)cc3)cc2)cc1C. The van der Waals surface area contributed by atoms with Gasteiger partial charge in [-0.1, -0.05) is 66.7 Å². The van der Waals surface area contributed by atoms with Gasteiger partial charge in [-0.25, -0.2) is 0 Å². The van der Waals surface area contributed by atoms with Crippen molar-refractivity contribution in [2.75, 3.05) is 0 Å². The van der Waals surface area contributed by atoms with E-state index in [4.69, 9.17) is 0 Å². The number of carbonyl (C=O) groups excluding carboxylic acids is 1. The number of carbonyl (C=O) groups is 1. The Morgan fingerprint density at radius 1 is 0.591 bits per heavy atom. The van der Waals surface area contributed by atoms with E-state index in [-0.39, 0.29) is 0 Å². The van der Waals surface area contributed by atoms with Crippen LogP contribution in [0.1, 0.15) is 21.5 Å². The Bertz CT molecular complexity index is 796. The Morgan fingerprint density at radius 2 is 1.05 bits per heavy atom. The van der Waals surface area contributed by atoms with Crippen molar-refractivity contribution >= 4 is 6.29 Å². The van der Waals surface area contributed by atoms with Gasteiger partial charge in [0.1, 0.15) is 6.29 Å². The molecule has 22 heavy (non-hydrogen) atoms. The van der Waals surface area contributed by atoms with Crippen molar-refractivity contribution in [2.45, 2.75) is 13.8 Å². The highest BCUT2D eigenvalue weighted by atomic mass is 16.1. The van der Waals surface area contributed by atoms with Crippen molar-refractivity contribution in [1.29, 1.82) is 0 Å². The van der Waals surface area contributed by atoms with E-state index in [2.05, 4.69) is 56.3 Å². The molecule has 0 saturated heterocycles. The fourth-order valence-corrected chi connectivity index (χ4v) is 2.53. The molecule has 108 valence electrons. The number of benzene rings is 3. The van der Waals surface area contributed by atoms with E-state index >= 15 is 0 Å². The Labute approximate surface area is 131 Å². The fraction of sp³-hybridized carbons (Fsp3) is 0.0952. The van der Waals surface area contributed by atoms with E-state index in [9.17, 15) is 4.79 Å². The molecule has 0 radical (unpaired) electrons. The number of aryl methyl sites for hydroxylation is 2. The minimum atomic E-state index is 0.704. The normalized spacial score (nSPS) is 10.5. The Kier molecular flexibility index (Phi) is 3.88. The first-order valence-electron chi connectivity index (χ1n) is 7.41. The van der Waals surface area contributed by atoms with Crippen LogP contribution in [0.3, 0.4) is 0 Å². The van der Waals surface area contributed by atoms with Crippen molar-refractivity contribution in [1.82, 2.24) is 0 Å². The van der Waals surface area contributed by atoms with E-state index in [1.165, 1.54) is 22.3 Å². The van der Waals surface area contributed by atoms with Crippen LogP contribution in [0.15, 0.2) is 66.7 Å². The standard InChI is InChI=1S/C21H18O/c1-15-3-6-21(13-16(15)2)20-11-9-19(10-12-20)18-7-4-17(14-22)5-8-18/h3-14H,1-2H3. The maximum Gasteiger partial charge on any atom is 0.150 e. The van der Waals surface area contributed by atoms with Gasteiger partial charge in [0.25, 0.3) is 0 Å². The van der Waals surface area contributed by atoms with Gasteiger partial charge < -0.3 is 0 Å². The highest BCUT2D eigenvalue weighted by Crippen LogP contribution is 2.26. The second-order valence-corrected chi connectivity index (χ2v) is 5.62. The summed E-state index contributed by atoms with van der Waals surface area (Å²) in [4.78, 5) is 10.7. The molecule has 3 aromatic rings. The summed E-state index contributed by atoms with van der Waals surface area (Å²) in [5.41, 5.74) is 8.07. The maximum atomic E-state index is 10.7. The monoisotopic (exact) mass is 286 g/mol. The molecule has 0 saturated carbocycles. The van der Waals surface area contributed by atoms with E-state index in [0.29, 0.717) is 5.56 Å². The molecule has 0 spiro atoms. The molecule has 0 aliphatic heterocycles. The van der Waals surface area contributed by atoms with Crippen LogP contribution >= 0.6 is 0 Å². The molecule has 0 unspecified atom stereocenters. The first kappa shape index (κ1) is 14.3. The highest BCUT2D eigenvalue weighted by molar-refractivity contribution is 5.77. The van der Waals surface area contributed by atoms with Gasteiger partial charge in [-0.05, 0) is 47.2 Å². The first-order chi connectivity index (χ1) is 10.7. The molecule has 0 atom stereocenters. The number of aldehydes is 1. The van der Waals surface area contributed by atoms with Crippen molar-refractivity contribution < 1.29 is 4.79 Å². The summed E-state index contributed by atoms with van der Waals surface area (Å²) in [6.45, 7) is 4.27. The molecular weight excluding hydrogens is 268 g/mol. The van der Waals surface area contributed by atoms with Crippen LogP contribution in [0.5, 0.6) is 0 Å². The van der Waals surface area contributed by atoms with Crippen molar-refractivity contribution in [2.24, 2.45) is 0 Å². The van der Waals surface area contributed by atoms with Crippen LogP contribution in [-0.4, -0.2) is 6.29 Å². The first-order valence-corrected chi connectivity index (χ1v) is 7.41. The molecule has 3 rings (SSSR count). The smallest absolute Gasteiger partial charge is 0.150 e. The summed E-state index contributed by atoms with van der Waals surface area (Å²) in [6.07, 6.45) is 0.868. The van der Waals surface area contributed by atoms with Crippen LogP contribution in [0.25, 0.3) is 22.3 Å². The number of hydrogen-bond donors (Lipinski definition) is 0. The Morgan fingerprint density at radius 3 is 1.55 bits per heavy atom. The van der Waals surface area contributed by atoms with Crippen molar-refractivity contribution in [3.63, 3.8) is 0 Å². The highest BCUT2D eigenvalue weighted by Gasteiger charge is 2.02. The van der Waals surface area contributed by atoms with Crippen LogP contribution in [-0.2, 0) is 0 Å². The quantitative estimate of drug-likeness (QED) is 0.585. The molecule has 0 bridgehead atoms. The summed E-state index contributed by atoms with van der Waals surface area (Å²) >= 11 is 0. The van der Waals surface area contributed by atoms with E-state index < -0.39 is 0 Å². The van der Waals surface area contributed by atoms with Gasteiger partial charge >= 0.3 is 0 Å². The van der Waals surface area contributed by atoms with Gasteiger partial charge in [0.15, 0.2) is 0 Å². The largest absolute Gasteiger partial charge is 0.298 e. The van der Waals surface area contributed by atoms with Gasteiger partial charge in [-0.3, -0.25) is 4.79 Å². The molecule has 0 fully saturated rings. The van der Waals surface area contributed by atoms with Gasteiger partial charge in [0.2, 0.25) is 0 Å². The van der Waals surface area contributed by atoms with E-state index in [1.807, 2.05) is 24.3 Å². The lowest BCUT2D eigenvalue weighted by Gasteiger charge is -2.07. The third-order valence-electron chi connectivity index (χ3n) is 4.11. The Balaban J connectivity index is 1.91. The zero-order valence-electron chi connectivity index (χ0n) is 12.8. The molecule has 0 amide bonds. The summed E-state index contributed by atoms with van der Waals surface area (Å²) in [5, 5.41) is 0. The predicted octanol–water partition coefficient (Wildman–Crippen LogP) is 5.45. The lowest BCUT2D eigenvalue weighted by molar-refractivity contribution is 0.112. The van der Waals surface area contributed by atoms with E-state index in [1.54, 1.807) is 0 Å². The lowest BCUT2D eigenvalue weighted by Crippen LogP contribution is -1.85. The third-order valence-corrected chi connectivity index (χ3v) is 4.11. The number of rotatable bonds is 3. The zero-order chi connectivity index (χ0) is 15.5. The van der Waals surface area contributed by atoms with Gasteiger partial charge in [0.05, 0.1) is 0 Å². The molecule has 0 N–H and O–H groups in total. The zero-order valence-corrected chi connectivity index (χ0v) is 12.8. The second-order valence-electron chi connectivity index (χ2n) is 5.62. The second kappa shape index (κ2) is 5.98. The molecule has 1 heteroatoms. The third kappa shape index (κ3) is 2.84. The fourth-order valence-electron chi connectivity index (χ4n) is 2.53. The minimum absolute atomic E-state index is 0.704. The molecule has 0 aromatic heterocycles. The molecule has 3 aromatic carbocycles. The van der Waals surface area contributed by atoms with Crippen molar-refractivity contribution in [3.8, 4) is 22.3 Å². The lowest BCUT2D eigenvalue weighted by atomic mass is 9.97. The average molecular weight is 286 g/mol. The van der Waals surface area contributed by atoms with Gasteiger partial charge in [-0.2, -0.15) is 0 Å². The average Bonchev–Trinajstić information content (AvgIpc) is 2.58. The molecule has 0 aliphatic rings. The maximum absolute atomic E-state index is 10.7. The summed E-state index contributed by atoms with van der Waals surface area (Å²) in [7, 11) is 0. The summed E-state index contributed by atoms with van der Waals surface area (Å²) in [5.74, 6) is 0. The van der Waals surface area contributed by atoms with Crippen molar-refractivity contribution in [3.05, 3.63) is 83.4 Å². The van der Waals surface area contributed by atoms with Crippen LogP contribution < -0.4 is 0 Å². The summed E-state index contributed by atoms with van der Waals surface area (Å²) in [6, 6.07) is 22.7. The minimum Gasteiger partial charge on any atom is -0.298 e. The van der Waals surface area contributed by atoms with Crippen LogP contribution in [0.2, 0.25) is 0 Å². The van der Waals surface area contributed by atoms with Gasteiger partial charge in [0, 0.05) is 5.56 Å².